The number of hydrogen-bond donors (Lipinski definition) is 1. The molecule has 2 rings (SSSR count). The lowest BCUT2D eigenvalue weighted by Gasteiger charge is -2.23. The second-order valence-corrected chi connectivity index (χ2v) is 6.88. The number of methoxy groups -OCH3 is 1. The maximum absolute atomic E-state index is 5.28. The van der Waals surface area contributed by atoms with Crippen LogP contribution in [0.1, 0.15) is 19.3 Å². The van der Waals surface area contributed by atoms with Gasteiger partial charge in [0.2, 0.25) is 0 Å². The molecule has 0 amide bonds. The van der Waals surface area contributed by atoms with Crippen LogP contribution in [0.4, 0.5) is 0 Å². The van der Waals surface area contributed by atoms with Crippen LogP contribution in [0, 0.1) is 5.92 Å². The minimum atomic E-state index is 0. The smallest absolute Gasteiger partial charge is 0.193 e. The molecule has 0 aromatic heterocycles. The van der Waals surface area contributed by atoms with E-state index in [4.69, 9.17) is 4.74 Å². The molecule has 142 valence electrons. The molecule has 2 aliphatic rings. The van der Waals surface area contributed by atoms with Gasteiger partial charge in [-0.05, 0) is 45.9 Å². The number of rotatable bonds is 6. The van der Waals surface area contributed by atoms with Crippen molar-refractivity contribution in [3.63, 3.8) is 0 Å². The number of guanidine groups is 1. The van der Waals surface area contributed by atoms with E-state index in [0.717, 1.165) is 32.2 Å². The lowest BCUT2D eigenvalue weighted by atomic mass is 10.1. The normalized spacial score (nSPS) is 23.9. The average Bonchev–Trinajstić information content (AvgIpc) is 2.90. The summed E-state index contributed by atoms with van der Waals surface area (Å²) in [4.78, 5) is 11.8. The second kappa shape index (κ2) is 12.3. The zero-order chi connectivity index (χ0) is 16.5. The number of nitrogens with one attached hydrogen (secondary N) is 1. The molecule has 2 aliphatic heterocycles. The Kier molecular flexibility index (Phi) is 11.2. The van der Waals surface area contributed by atoms with Crippen molar-refractivity contribution >= 4 is 29.9 Å². The Hall–Kier alpha value is -0.120. The summed E-state index contributed by atoms with van der Waals surface area (Å²) in [5.74, 6) is 1.70. The first-order chi connectivity index (χ1) is 11.2. The summed E-state index contributed by atoms with van der Waals surface area (Å²) in [5, 5.41) is 3.54. The molecule has 1 N–H and O–H groups in total. The van der Waals surface area contributed by atoms with Gasteiger partial charge in [-0.25, -0.2) is 0 Å². The molecule has 0 aromatic carbocycles. The van der Waals surface area contributed by atoms with Crippen molar-refractivity contribution in [1.82, 2.24) is 20.0 Å². The molecule has 2 heterocycles. The molecule has 6 nitrogen and oxygen atoms in total. The first-order valence-electron chi connectivity index (χ1n) is 9.08. The zero-order valence-electron chi connectivity index (χ0n) is 15.7. The van der Waals surface area contributed by atoms with Crippen molar-refractivity contribution in [3.05, 3.63) is 0 Å². The van der Waals surface area contributed by atoms with Crippen molar-refractivity contribution < 1.29 is 4.74 Å². The Balaban J connectivity index is 0.00000288. The molecular weight excluding hydrogens is 417 g/mol. The fraction of sp³-hybridized carbons (Fsp3) is 0.941. The van der Waals surface area contributed by atoms with Crippen molar-refractivity contribution in [2.45, 2.75) is 19.3 Å². The van der Waals surface area contributed by atoms with Gasteiger partial charge in [-0.15, -0.1) is 24.0 Å². The lowest BCUT2D eigenvalue weighted by molar-refractivity contribution is 0.157. The van der Waals surface area contributed by atoms with Gasteiger partial charge in [0.05, 0.1) is 6.61 Å². The molecule has 0 spiro atoms. The van der Waals surface area contributed by atoms with Gasteiger partial charge < -0.3 is 24.8 Å². The maximum Gasteiger partial charge on any atom is 0.193 e. The summed E-state index contributed by atoms with van der Waals surface area (Å²) in [6.45, 7) is 10.1. The maximum atomic E-state index is 5.28. The van der Waals surface area contributed by atoms with Crippen LogP contribution < -0.4 is 5.32 Å². The highest BCUT2D eigenvalue weighted by Crippen LogP contribution is 2.16. The van der Waals surface area contributed by atoms with E-state index in [1.807, 2.05) is 7.05 Å². The first-order valence-corrected chi connectivity index (χ1v) is 9.08. The molecule has 0 saturated carbocycles. The standard InChI is InChI=1S/C17H35N5O.HI/c1-18-17(22-11-6-16(14-22)15-23-3)19-7-4-9-21-10-5-8-20(2)12-13-21;/h16H,4-15H2,1-3H3,(H,18,19);1H. The predicted molar refractivity (Wildman–Crippen MR) is 112 cm³/mol. The van der Waals surface area contributed by atoms with Crippen LogP contribution in [0.25, 0.3) is 0 Å². The monoisotopic (exact) mass is 453 g/mol. The summed E-state index contributed by atoms with van der Waals surface area (Å²) in [5.41, 5.74) is 0. The van der Waals surface area contributed by atoms with Gasteiger partial charge in [0.25, 0.3) is 0 Å². The number of aliphatic imine (C=N–C) groups is 1. The molecule has 1 atom stereocenters. The van der Waals surface area contributed by atoms with E-state index in [2.05, 4.69) is 32.1 Å². The van der Waals surface area contributed by atoms with Crippen LogP contribution in [-0.4, -0.2) is 101 Å². The number of likely N-dealkylation sites (N-methyl/N-ethyl adjacent to an activating group) is 1. The van der Waals surface area contributed by atoms with E-state index >= 15 is 0 Å². The fourth-order valence-electron chi connectivity index (χ4n) is 3.56. The number of ether oxygens (including phenoxy) is 1. The van der Waals surface area contributed by atoms with Crippen LogP contribution in [0.3, 0.4) is 0 Å². The first kappa shape index (κ1) is 21.9. The van der Waals surface area contributed by atoms with E-state index < -0.39 is 0 Å². The summed E-state index contributed by atoms with van der Waals surface area (Å²) in [6.07, 6.45) is 3.67. The Morgan fingerprint density at radius 2 is 2.04 bits per heavy atom. The van der Waals surface area contributed by atoms with Gasteiger partial charge in [-0.2, -0.15) is 0 Å². The third-order valence-electron chi connectivity index (χ3n) is 4.95. The zero-order valence-corrected chi connectivity index (χ0v) is 18.0. The Morgan fingerprint density at radius 1 is 1.21 bits per heavy atom. The molecule has 2 fully saturated rings. The van der Waals surface area contributed by atoms with E-state index in [1.165, 1.54) is 52.0 Å². The molecule has 0 aliphatic carbocycles. The highest BCUT2D eigenvalue weighted by molar-refractivity contribution is 14.0. The predicted octanol–water partition coefficient (Wildman–Crippen LogP) is 1.18. The average molecular weight is 453 g/mol. The molecule has 0 aromatic rings. The molecule has 0 radical (unpaired) electrons. The third kappa shape index (κ3) is 7.41. The van der Waals surface area contributed by atoms with E-state index in [0.29, 0.717) is 5.92 Å². The van der Waals surface area contributed by atoms with E-state index in [9.17, 15) is 0 Å². The van der Waals surface area contributed by atoms with Gasteiger partial charge in [-0.3, -0.25) is 4.99 Å². The van der Waals surface area contributed by atoms with Crippen molar-refractivity contribution in [3.8, 4) is 0 Å². The minimum Gasteiger partial charge on any atom is -0.384 e. The molecule has 0 bridgehead atoms. The fourth-order valence-corrected chi connectivity index (χ4v) is 3.56. The van der Waals surface area contributed by atoms with Crippen LogP contribution in [-0.2, 0) is 4.74 Å². The second-order valence-electron chi connectivity index (χ2n) is 6.88. The topological polar surface area (TPSA) is 43.3 Å². The van der Waals surface area contributed by atoms with Gasteiger partial charge in [0.1, 0.15) is 0 Å². The lowest BCUT2D eigenvalue weighted by Crippen LogP contribution is -2.41. The van der Waals surface area contributed by atoms with Crippen LogP contribution in [0.2, 0.25) is 0 Å². The van der Waals surface area contributed by atoms with Gasteiger partial charge >= 0.3 is 0 Å². The molecule has 7 heteroatoms. The molecule has 1 unspecified atom stereocenters. The highest BCUT2D eigenvalue weighted by atomic mass is 127. The van der Waals surface area contributed by atoms with Crippen molar-refractivity contribution in [2.75, 3.05) is 80.2 Å². The Morgan fingerprint density at radius 3 is 2.79 bits per heavy atom. The van der Waals surface area contributed by atoms with Gasteiger partial charge in [0, 0.05) is 52.8 Å². The molecule has 2 saturated heterocycles. The Labute approximate surface area is 165 Å². The van der Waals surface area contributed by atoms with Crippen molar-refractivity contribution in [2.24, 2.45) is 10.9 Å². The number of halogens is 1. The van der Waals surface area contributed by atoms with Crippen LogP contribution in [0.5, 0.6) is 0 Å². The van der Waals surface area contributed by atoms with Crippen LogP contribution >= 0.6 is 24.0 Å². The van der Waals surface area contributed by atoms with Crippen LogP contribution in [0.15, 0.2) is 4.99 Å². The summed E-state index contributed by atoms with van der Waals surface area (Å²) in [6, 6.07) is 0. The Bertz CT molecular complexity index is 369. The van der Waals surface area contributed by atoms with Gasteiger partial charge in [0.15, 0.2) is 5.96 Å². The number of hydrogen-bond acceptors (Lipinski definition) is 4. The quantitative estimate of drug-likeness (QED) is 0.283. The highest BCUT2D eigenvalue weighted by Gasteiger charge is 2.24. The molecular formula is C17H36IN5O. The summed E-state index contributed by atoms with van der Waals surface area (Å²) in [7, 11) is 5.90. The molecule has 24 heavy (non-hydrogen) atoms. The summed E-state index contributed by atoms with van der Waals surface area (Å²) < 4.78 is 5.28. The van der Waals surface area contributed by atoms with Crippen molar-refractivity contribution in [1.29, 1.82) is 0 Å². The minimum absolute atomic E-state index is 0. The largest absolute Gasteiger partial charge is 0.384 e. The summed E-state index contributed by atoms with van der Waals surface area (Å²) >= 11 is 0. The van der Waals surface area contributed by atoms with E-state index in [1.54, 1.807) is 7.11 Å². The third-order valence-corrected chi connectivity index (χ3v) is 4.95. The number of likely N-dealkylation sites (tertiary alicyclic amines) is 1. The van der Waals surface area contributed by atoms with Gasteiger partial charge in [-0.1, -0.05) is 0 Å². The SMILES string of the molecule is CN=C(NCCCN1CCCN(C)CC1)N1CCC(COC)C1.I. The number of nitrogens with zero attached hydrogens (tertiary/aromatic N) is 4. The van der Waals surface area contributed by atoms with E-state index in [-0.39, 0.29) is 24.0 Å².